The first kappa shape index (κ1) is 16.6. The van der Waals surface area contributed by atoms with Crippen molar-refractivity contribution in [2.45, 2.75) is 38.3 Å². The molecule has 0 radical (unpaired) electrons. The van der Waals surface area contributed by atoms with Gasteiger partial charge in [-0.05, 0) is 61.2 Å². The summed E-state index contributed by atoms with van der Waals surface area (Å²) in [6.07, 6.45) is 3.01. The van der Waals surface area contributed by atoms with Crippen LogP contribution < -0.4 is 4.74 Å². The predicted octanol–water partition coefficient (Wildman–Crippen LogP) is 3.36. The van der Waals surface area contributed by atoms with E-state index in [4.69, 9.17) is 14.6 Å². The number of aromatic nitrogens is 1. The number of hydrogen-bond donors (Lipinski definition) is 1. The molecule has 0 amide bonds. The summed E-state index contributed by atoms with van der Waals surface area (Å²) in [5.74, 6) is 0.0490. The molecule has 1 fully saturated rings. The van der Waals surface area contributed by atoms with Crippen LogP contribution in [0.2, 0.25) is 0 Å². The van der Waals surface area contributed by atoms with E-state index in [1.54, 1.807) is 7.11 Å². The lowest BCUT2D eigenvalue weighted by atomic mass is 10.1. The van der Waals surface area contributed by atoms with E-state index < -0.39 is 5.97 Å². The van der Waals surface area contributed by atoms with Gasteiger partial charge in [-0.15, -0.1) is 0 Å². The minimum atomic E-state index is -0.772. The molecule has 1 aromatic carbocycles. The van der Waals surface area contributed by atoms with Gasteiger partial charge < -0.3 is 19.1 Å². The highest BCUT2D eigenvalue weighted by Crippen LogP contribution is 2.27. The van der Waals surface area contributed by atoms with E-state index in [0.29, 0.717) is 6.42 Å². The second-order valence-corrected chi connectivity index (χ2v) is 6.08. The molecule has 5 nitrogen and oxygen atoms in total. The van der Waals surface area contributed by atoms with Gasteiger partial charge in [0.2, 0.25) is 0 Å². The lowest BCUT2D eigenvalue weighted by Crippen LogP contribution is -2.18. The number of methoxy groups -OCH3 is 1. The Morgan fingerprint density at radius 2 is 2.08 bits per heavy atom. The Balaban J connectivity index is 1.89. The molecule has 0 spiro atoms. The zero-order chi connectivity index (χ0) is 16.9. The highest BCUT2D eigenvalue weighted by Gasteiger charge is 2.20. The summed E-state index contributed by atoms with van der Waals surface area (Å²) >= 11 is 0. The van der Waals surface area contributed by atoms with Crippen molar-refractivity contribution in [3.8, 4) is 17.0 Å². The number of aryl methyl sites for hydroxylation is 1. The summed E-state index contributed by atoms with van der Waals surface area (Å²) < 4.78 is 13.2. The van der Waals surface area contributed by atoms with E-state index in [1.165, 1.54) is 0 Å². The van der Waals surface area contributed by atoms with Crippen LogP contribution in [-0.4, -0.2) is 35.5 Å². The van der Waals surface area contributed by atoms with Crippen LogP contribution in [0.15, 0.2) is 36.4 Å². The van der Waals surface area contributed by atoms with Gasteiger partial charge in [0.05, 0.1) is 19.6 Å². The van der Waals surface area contributed by atoms with Crippen LogP contribution in [0, 0.1) is 0 Å². The second kappa shape index (κ2) is 7.53. The van der Waals surface area contributed by atoms with Gasteiger partial charge in [0, 0.05) is 24.5 Å². The highest BCUT2D eigenvalue weighted by atomic mass is 16.5. The normalized spacial score (nSPS) is 17.1. The van der Waals surface area contributed by atoms with Crippen LogP contribution in [0.4, 0.5) is 0 Å². The van der Waals surface area contributed by atoms with Crippen LogP contribution in [0.1, 0.15) is 25.0 Å². The molecule has 1 atom stereocenters. The first-order chi connectivity index (χ1) is 11.7. The zero-order valence-corrected chi connectivity index (χ0v) is 13.9. The predicted molar refractivity (Wildman–Crippen MR) is 91.4 cm³/mol. The third kappa shape index (κ3) is 3.79. The Kier molecular flexibility index (Phi) is 5.20. The van der Waals surface area contributed by atoms with Gasteiger partial charge >= 0.3 is 5.97 Å². The van der Waals surface area contributed by atoms with E-state index in [2.05, 4.69) is 10.6 Å². The van der Waals surface area contributed by atoms with Crippen molar-refractivity contribution in [3.63, 3.8) is 0 Å². The number of carboxylic acid groups (broad SMARTS) is 1. The van der Waals surface area contributed by atoms with Crippen molar-refractivity contribution in [1.29, 1.82) is 0 Å². The summed E-state index contributed by atoms with van der Waals surface area (Å²) in [6.45, 7) is 1.58. The Bertz CT molecular complexity index is 684. The molecular weight excluding hydrogens is 306 g/mol. The number of carboxylic acids is 1. The summed E-state index contributed by atoms with van der Waals surface area (Å²) in [7, 11) is 1.65. The molecule has 1 aliphatic rings. The van der Waals surface area contributed by atoms with E-state index in [9.17, 15) is 4.79 Å². The molecule has 1 aromatic heterocycles. The molecule has 0 bridgehead atoms. The second-order valence-electron chi connectivity index (χ2n) is 6.08. The Morgan fingerprint density at radius 1 is 1.29 bits per heavy atom. The zero-order valence-electron chi connectivity index (χ0n) is 13.9. The maximum Gasteiger partial charge on any atom is 0.303 e. The quantitative estimate of drug-likeness (QED) is 0.846. The van der Waals surface area contributed by atoms with Gasteiger partial charge in [0.15, 0.2) is 0 Å². The van der Waals surface area contributed by atoms with Crippen LogP contribution in [0.3, 0.4) is 0 Å². The Labute approximate surface area is 141 Å². The number of rotatable bonds is 7. The third-order valence-corrected chi connectivity index (χ3v) is 4.46. The number of hydrogen-bond acceptors (Lipinski definition) is 3. The van der Waals surface area contributed by atoms with Crippen molar-refractivity contribution >= 4 is 5.97 Å². The molecule has 5 heteroatoms. The lowest BCUT2D eigenvalue weighted by molar-refractivity contribution is -0.136. The molecule has 0 aliphatic carbocycles. The van der Waals surface area contributed by atoms with Crippen LogP contribution >= 0.6 is 0 Å². The van der Waals surface area contributed by atoms with E-state index in [0.717, 1.165) is 48.7 Å². The van der Waals surface area contributed by atoms with Gasteiger partial charge in [-0.1, -0.05) is 0 Å². The maximum atomic E-state index is 10.9. The topological polar surface area (TPSA) is 60.7 Å². The standard InChI is InChI=1S/C19H23NO4/c1-23-16-8-4-14(5-9-16)18-10-6-15(7-11-19(21)22)20(18)13-17-3-2-12-24-17/h4-6,8-10,17H,2-3,7,11-13H2,1H3,(H,21,22)/t17-/m0/s1. The monoisotopic (exact) mass is 329 g/mol. The SMILES string of the molecule is COc1ccc(-c2ccc(CCC(=O)O)n2C[C@@H]2CCCO2)cc1. The molecule has 2 heterocycles. The van der Waals surface area contributed by atoms with Crippen molar-refractivity contribution in [1.82, 2.24) is 4.57 Å². The van der Waals surface area contributed by atoms with Gasteiger partial charge in [-0.25, -0.2) is 0 Å². The van der Waals surface area contributed by atoms with Crippen LogP contribution in [0.25, 0.3) is 11.3 Å². The van der Waals surface area contributed by atoms with Crippen molar-refractivity contribution < 1.29 is 19.4 Å². The molecule has 1 N–H and O–H groups in total. The van der Waals surface area contributed by atoms with E-state index in [-0.39, 0.29) is 12.5 Å². The molecular formula is C19H23NO4. The molecule has 2 aromatic rings. The van der Waals surface area contributed by atoms with Crippen molar-refractivity contribution in [3.05, 3.63) is 42.1 Å². The largest absolute Gasteiger partial charge is 0.497 e. The number of carbonyl (C=O) groups is 1. The summed E-state index contributed by atoms with van der Waals surface area (Å²) in [5, 5.41) is 8.98. The fraction of sp³-hybridized carbons (Fsp3) is 0.421. The number of benzene rings is 1. The smallest absolute Gasteiger partial charge is 0.303 e. The average Bonchev–Trinajstić information content (AvgIpc) is 3.23. The number of ether oxygens (including phenoxy) is 2. The lowest BCUT2D eigenvalue weighted by Gasteiger charge is -2.17. The molecule has 24 heavy (non-hydrogen) atoms. The minimum Gasteiger partial charge on any atom is -0.497 e. The van der Waals surface area contributed by atoms with E-state index >= 15 is 0 Å². The van der Waals surface area contributed by atoms with Gasteiger partial charge in [0.25, 0.3) is 0 Å². The fourth-order valence-electron chi connectivity index (χ4n) is 3.18. The van der Waals surface area contributed by atoms with Crippen molar-refractivity contribution in [2.75, 3.05) is 13.7 Å². The minimum absolute atomic E-state index is 0.136. The van der Waals surface area contributed by atoms with Gasteiger partial charge in [0.1, 0.15) is 5.75 Å². The highest BCUT2D eigenvalue weighted by molar-refractivity contribution is 5.67. The molecule has 0 unspecified atom stereocenters. The average molecular weight is 329 g/mol. The number of nitrogens with zero attached hydrogens (tertiary/aromatic N) is 1. The fourth-order valence-corrected chi connectivity index (χ4v) is 3.18. The van der Waals surface area contributed by atoms with E-state index in [1.807, 2.05) is 30.3 Å². The Morgan fingerprint density at radius 3 is 2.71 bits per heavy atom. The van der Waals surface area contributed by atoms with Crippen LogP contribution in [0.5, 0.6) is 5.75 Å². The summed E-state index contributed by atoms with van der Waals surface area (Å²) in [4.78, 5) is 10.9. The van der Waals surface area contributed by atoms with Gasteiger partial charge in [-0.2, -0.15) is 0 Å². The molecule has 3 rings (SSSR count). The van der Waals surface area contributed by atoms with Crippen LogP contribution in [-0.2, 0) is 22.5 Å². The maximum absolute atomic E-state index is 10.9. The molecule has 128 valence electrons. The summed E-state index contributed by atoms with van der Waals surface area (Å²) in [5.41, 5.74) is 3.22. The van der Waals surface area contributed by atoms with Gasteiger partial charge in [-0.3, -0.25) is 4.79 Å². The number of aliphatic carboxylic acids is 1. The molecule has 1 aliphatic heterocycles. The third-order valence-electron chi connectivity index (χ3n) is 4.46. The molecule has 0 saturated carbocycles. The molecule has 1 saturated heterocycles. The first-order valence-corrected chi connectivity index (χ1v) is 8.33. The summed E-state index contributed by atoms with van der Waals surface area (Å²) in [6, 6.07) is 12.0. The first-order valence-electron chi connectivity index (χ1n) is 8.33. The van der Waals surface area contributed by atoms with Crippen molar-refractivity contribution in [2.24, 2.45) is 0 Å². The Hall–Kier alpha value is -2.27.